The lowest BCUT2D eigenvalue weighted by Gasteiger charge is -2.15. The number of carbonyl (C=O) groups is 1. The highest BCUT2D eigenvalue weighted by atomic mass is 127. The molecule has 0 spiro atoms. The first-order valence-corrected chi connectivity index (χ1v) is 10.4. The average molecular weight is 567 g/mol. The van der Waals surface area contributed by atoms with Gasteiger partial charge in [0.2, 0.25) is 0 Å². The molecule has 12 heteroatoms. The van der Waals surface area contributed by atoms with Gasteiger partial charge in [0.1, 0.15) is 5.82 Å². The Labute approximate surface area is 195 Å². The molecule has 0 atom stereocenters. The van der Waals surface area contributed by atoms with Crippen LogP contribution in [0.15, 0.2) is 29.3 Å². The van der Waals surface area contributed by atoms with Gasteiger partial charge in [-0.05, 0) is 46.9 Å². The van der Waals surface area contributed by atoms with E-state index in [1.54, 1.807) is 6.07 Å². The van der Waals surface area contributed by atoms with Crippen molar-refractivity contribution in [3.8, 4) is 0 Å². The highest BCUT2D eigenvalue weighted by molar-refractivity contribution is 14.1. The normalized spacial score (nSPS) is 11.2. The summed E-state index contributed by atoms with van der Waals surface area (Å²) in [6.45, 7) is -0.396. The number of nitrogens with one attached hydrogen (secondary N) is 2. The van der Waals surface area contributed by atoms with Crippen LogP contribution in [0.25, 0.3) is 0 Å². The molecule has 2 rings (SSSR count). The van der Waals surface area contributed by atoms with Crippen molar-refractivity contribution in [1.82, 2.24) is 5.48 Å². The lowest BCUT2D eigenvalue weighted by molar-refractivity contribution is 0.0168. The number of aliphatic hydroxyl groups excluding tert-OH is 2. The van der Waals surface area contributed by atoms with Crippen molar-refractivity contribution in [3.63, 3.8) is 0 Å². The predicted molar refractivity (Wildman–Crippen MR) is 120 cm³/mol. The number of anilines is 2. The minimum atomic E-state index is -1.42. The smallest absolute Gasteiger partial charge is 0.277 e. The fourth-order valence-corrected chi connectivity index (χ4v) is 2.88. The van der Waals surface area contributed by atoms with Crippen LogP contribution in [0, 0.1) is 21.0 Å². The van der Waals surface area contributed by atoms with Gasteiger partial charge in [0.25, 0.3) is 5.91 Å². The molecule has 0 fully saturated rings. The lowest BCUT2D eigenvalue weighted by Crippen LogP contribution is -2.26. The standard InChI is InChI=1S/C20H21F3IN3O5/c21-15-10-13(24)1-2-16(15)26-19-14(20(30)27-32-8-5-29)9-12(17(22)18(19)23)11-25-3-6-31-7-4-28/h1-2,9-11,26,28-29H,3-8H2,(H,27,30). The molecule has 8 nitrogen and oxygen atoms in total. The Balaban J connectivity index is 2.38. The molecule has 0 heterocycles. The van der Waals surface area contributed by atoms with Crippen LogP contribution in [0.4, 0.5) is 24.5 Å². The zero-order valence-corrected chi connectivity index (χ0v) is 18.9. The summed E-state index contributed by atoms with van der Waals surface area (Å²) in [5, 5.41) is 19.8. The molecular weight excluding hydrogens is 546 g/mol. The Morgan fingerprint density at radius 2 is 1.84 bits per heavy atom. The zero-order valence-electron chi connectivity index (χ0n) is 16.7. The van der Waals surface area contributed by atoms with E-state index < -0.39 is 29.0 Å². The van der Waals surface area contributed by atoms with Gasteiger partial charge in [-0.15, -0.1) is 0 Å². The van der Waals surface area contributed by atoms with Crippen LogP contribution in [0.5, 0.6) is 0 Å². The van der Waals surface area contributed by atoms with Crippen molar-refractivity contribution in [1.29, 1.82) is 0 Å². The molecule has 2 aromatic rings. The molecule has 0 aliphatic heterocycles. The second-order valence-electron chi connectivity index (χ2n) is 6.14. The van der Waals surface area contributed by atoms with E-state index in [-0.39, 0.29) is 56.4 Å². The van der Waals surface area contributed by atoms with E-state index in [4.69, 9.17) is 19.8 Å². The molecule has 174 valence electrons. The molecule has 2 aromatic carbocycles. The monoisotopic (exact) mass is 567 g/mol. The predicted octanol–water partition coefficient (Wildman–Crippen LogP) is 2.53. The maximum atomic E-state index is 14.9. The topological polar surface area (TPSA) is 112 Å². The summed E-state index contributed by atoms with van der Waals surface area (Å²) in [4.78, 5) is 21.2. The highest BCUT2D eigenvalue weighted by Crippen LogP contribution is 2.30. The molecule has 0 bridgehead atoms. The first-order chi connectivity index (χ1) is 15.4. The number of nitrogens with zero attached hydrogens (tertiary/aromatic N) is 1. The molecule has 0 saturated carbocycles. The zero-order chi connectivity index (χ0) is 23.5. The molecule has 4 N–H and O–H groups in total. The third kappa shape index (κ3) is 7.41. The van der Waals surface area contributed by atoms with Gasteiger partial charge in [0, 0.05) is 15.3 Å². The summed E-state index contributed by atoms with van der Waals surface area (Å²) in [7, 11) is 0. The molecule has 32 heavy (non-hydrogen) atoms. The number of ether oxygens (including phenoxy) is 1. The maximum absolute atomic E-state index is 14.9. The number of halogens is 4. The number of rotatable bonds is 12. The van der Waals surface area contributed by atoms with Gasteiger partial charge in [-0.1, -0.05) is 0 Å². The number of hydrogen-bond acceptors (Lipinski definition) is 7. The number of aliphatic hydroxyl groups is 2. The minimum Gasteiger partial charge on any atom is -0.394 e. The van der Waals surface area contributed by atoms with Crippen molar-refractivity contribution in [2.24, 2.45) is 4.99 Å². The molecular formula is C20H21F3IN3O5. The number of amides is 1. The van der Waals surface area contributed by atoms with E-state index in [1.807, 2.05) is 28.1 Å². The summed E-state index contributed by atoms with van der Waals surface area (Å²) in [6, 6.07) is 5.08. The first-order valence-electron chi connectivity index (χ1n) is 9.34. The summed E-state index contributed by atoms with van der Waals surface area (Å²) >= 11 is 1.89. The van der Waals surface area contributed by atoms with Gasteiger partial charge >= 0.3 is 0 Å². The van der Waals surface area contributed by atoms with Crippen LogP contribution in [0.1, 0.15) is 15.9 Å². The van der Waals surface area contributed by atoms with Crippen LogP contribution < -0.4 is 10.8 Å². The van der Waals surface area contributed by atoms with Crippen molar-refractivity contribution in [2.45, 2.75) is 0 Å². The average Bonchev–Trinajstić information content (AvgIpc) is 2.76. The molecule has 0 radical (unpaired) electrons. The van der Waals surface area contributed by atoms with E-state index >= 15 is 0 Å². The van der Waals surface area contributed by atoms with E-state index in [9.17, 15) is 18.0 Å². The molecule has 0 saturated heterocycles. The third-order valence-corrected chi connectivity index (χ3v) is 4.53. The van der Waals surface area contributed by atoms with E-state index in [0.717, 1.165) is 12.3 Å². The number of hydroxylamine groups is 1. The van der Waals surface area contributed by atoms with Crippen LogP contribution in [0.3, 0.4) is 0 Å². The first kappa shape index (κ1) is 26.0. The Morgan fingerprint density at radius 3 is 2.53 bits per heavy atom. The minimum absolute atomic E-state index is 0.107. The fourth-order valence-electron chi connectivity index (χ4n) is 2.43. The van der Waals surface area contributed by atoms with Crippen LogP contribution in [-0.2, 0) is 9.57 Å². The largest absolute Gasteiger partial charge is 0.394 e. The van der Waals surface area contributed by atoms with Gasteiger partial charge in [-0.3, -0.25) is 14.6 Å². The van der Waals surface area contributed by atoms with Crippen molar-refractivity contribution in [3.05, 3.63) is 56.4 Å². The van der Waals surface area contributed by atoms with Crippen LogP contribution in [-0.4, -0.2) is 61.9 Å². The number of hydrogen-bond donors (Lipinski definition) is 4. The number of benzene rings is 2. The Morgan fingerprint density at radius 1 is 1.09 bits per heavy atom. The Bertz CT molecular complexity index is 963. The maximum Gasteiger partial charge on any atom is 0.277 e. The summed E-state index contributed by atoms with van der Waals surface area (Å²) < 4.78 is 49.4. The summed E-state index contributed by atoms with van der Waals surface area (Å²) in [5.41, 5.74) is 0.527. The van der Waals surface area contributed by atoms with Crippen LogP contribution in [0.2, 0.25) is 0 Å². The molecule has 0 aromatic heterocycles. The lowest BCUT2D eigenvalue weighted by atomic mass is 10.1. The summed E-state index contributed by atoms with van der Waals surface area (Å²) in [5.74, 6) is -4.40. The van der Waals surface area contributed by atoms with Gasteiger partial charge in [0.05, 0.1) is 56.5 Å². The Hall–Kier alpha value is -2.26. The van der Waals surface area contributed by atoms with Crippen LogP contribution >= 0.6 is 22.6 Å². The van der Waals surface area contributed by atoms with Crippen molar-refractivity contribution in [2.75, 3.05) is 44.9 Å². The van der Waals surface area contributed by atoms with Gasteiger partial charge in [0.15, 0.2) is 11.6 Å². The molecule has 1 amide bonds. The number of carbonyl (C=O) groups excluding carboxylic acids is 1. The fraction of sp³-hybridized carbons (Fsp3) is 0.300. The van der Waals surface area contributed by atoms with E-state index in [2.05, 4.69) is 10.3 Å². The second kappa shape index (κ2) is 13.3. The SMILES string of the molecule is O=C(NOCCO)c1cc(C=NCCOCCO)c(F)c(F)c1Nc1ccc(I)cc1F. The molecule has 0 aliphatic rings. The molecule has 0 unspecified atom stereocenters. The molecule has 0 aliphatic carbocycles. The quantitative estimate of drug-likeness (QED) is 0.136. The third-order valence-electron chi connectivity index (χ3n) is 3.86. The summed E-state index contributed by atoms with van der Waals surface area (Å²) in [6.07, 6.45) is 1.03. The van der Waals surface area contributed by atoms with Crippen molar-refractivity contribution < 1.29 is 37.8 Å². The van der Waals surface area contributed by atoms with Crippen molar-refractivity contribution >= 4 is 46.1 Å². The highest BCUT2D eigenvalue weighted by Gasteiger charge is 2.23. The number of aliphatic imine (C=N–C) groups is 1. The second-order valence-corrected chi connectivity index (χ2v) is 7.39. The van der Waals surface area contributed by atoms with Gasteiger partial charge < -0.3 is 20.3 Å². The van der Waals surface area contributed by atoms with Gasteiger partial charge in [-0.2, -0.15) is 0 Å². The Kier molecular flexibility index (Phi) is 10.8. The van der Waals surface area contributed by atoms with Gasteiger partial charge in [-0.25, -0.2) is 18.7 Å². The van der Waals surface area contributed by atoms with E-state index in [0.29, 0.717) is 3.57 Å². The van der Waals surface area contributed by atoms with E-state index in [1.165, 1.54) is 12.1 Å².